The number of unbranched alkanes of at least 4 members (excludes halogenated alkanes) is 6. The highest BCUT2D eigenvalue weighted by Crippen LogP contribution is 2.23. The van der Waals surface area contributed by atoms with Crippen LogP contribution in [-0.2, 0) is 0 Å². The number of nitrogens with two attached hydrogens (primary N) is 1. The van der Waals surface area contributed by atoms with E-state index < -0.39 is 0 Å². The Morgan fingerprint density at radius 2 is 1.47 bits per heavy atom. The first-order valence-electron chi connectivity index (χ1n) is 7.71. The first-order valence-corrected chi connectivity index (χ1v) is 7.71. The zero-order valence-corrected chi connectivity index (χ0v) is 12.0. The van der Waals surface area contributed by atoms with Gasteiger partial charge in [0.25, 0.3) is 0 Å². The molecule has 0 saturated carbocycles. The Morgan fingerprint density at radius 3 is 2.06 bits per heavy atom. The van der Waals surface area contributed by atoms with Crippen LogP contribution in [0.3, 0.4) is 0 Å². The topological polar surface area (TPSA) is 29.3 Å². The monoisotopic (exact) mass is 240 g/mol. The van der Waals surface area contributed by atoms with Gasteiger partial charge in [-0.2, -0.15) is 0 Å². The van der Waals surface area contributed by atoms with Gasteiger partial charge in [-0.1, -0.05) is 58.8 Å². The van der Waals surface area contributed by atoms with Crippen molar-refractivity contribution in [1.82, 2.24) is 4.90 Å². The molecule has 2 nitrogen and oxygen atoms in total. The maximum absolute atomic E-state index is 6.25. The Bertz CT molecular complexity index is 185. The van der Waals surface area contributed by atoms with Crippen LogP contribution in [-0.4, -0.2) is 30.1 Å². The van der Waals surface area contributed by atoms with Crippen LogP contribution in [0, 0.1) is 0 Å². The largest absolute Gasteiger partial charge is 0.323 e. The zero-order chi connectivity index (χ0) is 12.6. The fourth-order valence-corrected chi connectivity index (χ4v) is 2.95. The molecule has 0 bridgehead atoms. The van der Waals surface area contributed by atoms with E-state index in [2.05, 4.69) is 18.7 Å². The van der Waals surface area contributed by atoms with Crippen molar-refractivity contribution in [1.29, 1.82) is 0 Å². The molecule has 1 aliphatic heterocycles. The Kier molecular flexibility index (Phi) is 7.14. The number of hydrogen-bond donors (Lipinski definition) is 1. The summed E-state index contributed by atoms with van der Waals surface area (Å²) in [4.78, 5) is 2.53. The predicted molar refractivity (Wildman–Crippen MR) is 76.3 cm³/mol. The van der Waals surface area contributed by atoms with Gasteiger partial charge in [-0.15, -0.1) is 0 Å². The summed E-state index contributed by atoms with van der Waals surface area (Å²) >= 11 is 0. The summed E-state index contributed by atoms with van der Waals surface area (Å²) in [6.07, 6.45) is 12.3. The lowest BCUT2D eigenvalue weighted by Gasteiger charge is -2.48. The second-order valence-corrected chi connectivity index (χ2v) is 5.94. The summed E-state index contributed by atoms with van der Waals surface area (Å²) in [5, 5.41) is 0. The quantitative estimate of drug-likeness (QED) is 0.592. The Hall–Kier alpha value is -0.0800. The van der Waals surface area contributed by atoms with Crippen LogP contribution in [0.2, 0.25) is 0 Å². The minimum Gasteiger partial charge on any atom is -0.323 e. The van der Waals surface area contributed by atoms with Crippen molar-refractivity contribution >= 4 is 0 Å². The van der Waals surface area contributed by atoms with E-state index in [0.29, 0.717) is 0 Å². The summed E-state index contributed by atoms with van der Waals surface area (Å²) in [6.45, 7) is 8.05. The highest BCUT2D eigenvalue weighted by atomic mass is 15.2. The van der Waals surface area contributed by atoms with Crippen LogP contribution in [0.25, 0.3) is 0 Å². The molecule has 0 spiro atoms. The van der Waals surface area contributed by atoms with Gasteiger partial charge in [0.2, 0.25) is 0 Å². The number of rotatable bonds is 10. The second-order valence-electron chi connectivity index (χ2n) is 5.94. The molecule has 1 fully saturated rings. The average molecular weight is 240 g/mol. The Morgan fingerprint density at radius 1 is 0.882 bits per heavy atom. The van der Waals surface area contributed by atoms with E-state index >= 15 is 0 Å². The molecule has 0 aliphatic carbocycles. The molecule has 1 aliphatic rings. The summed E-state index contributed by atoms with van der Waals surface area (Å²) in [5.74, 6) is 0. The van der Waals surface area contributed by atoms with Crippen LogP contribution >= 0.6 is 0 Å². The lowest BCUT2D eigenvalue weighted by Crippen LogP contribution is -2.67. The first kappa shape index (κ1) is 15.0. The van der Waals surface area contributed by atoms with Crippen LogP contribution in [0.15, 0.2) is 0 Å². The van der Waals surface area contributed by atoms with E-state index in [1.807, 2.05) is 0 Å². The van der Waals surface area contributed by atoms with Gasteiger partial charge in [0.15, 0.2) is 0 Å². The first-order chi connectivity index (χ1) is 8.20. The van der Waals surface area contributed by atoms with Crippen molar-refractivity contribution in [3.8, 4) is 0 Å². The molecular formula is C15H32N2. The van der Waals surface area contributed by atoms with Gasteiger partial charge in [-0.05, 0) is 19.4 Å². The summed E-state index contributed by atoms with van der Waals surface area (Å²) in [6, 6.07) is 0. The summed E-state index contributed by atoms with van der Waals surface area (Å²) < 4.78 is 0. The predicted octanol–water partition coefficient (Wildman–Crippen LogP) is 3.55. The van der Waals surface area contributed by atoms with Crippen molar-refractivity contribution in [2.24, 2.45) is 5.73 Å². The third-order valence-corrected chi connectivity index (χ3v) is 3.90. The highest BCUT2D eigenvalue weighted by molar-refractivity contribution is 4.99. The van der Waals surface area contributed by atoms with Gasteiger partial charge >= 0.3 is 0 Å². The molecule has 0 amide bonds. The van der Waals surface area contributed by atoms with Crippen LogP contribution in [0.4, 0.5) is 0 Å². The van der Waals surface area contributed by atoms with Crippen LogP contribution < -0.4 is 5.73 Å². The SMILES string of the molecule is CCCCCCCCCN1CC(N)(CCC)C1. The minimum atomic E-state index is 0.163. The molecule has 2 N–H and O–H groups in total. The molecule has 1 rings (SSSR count). The molecule has 1 heterocycles. The van der Waals surface area contributed by atoms with Gasteiger partial charge in [-0.25, -0.2) is 0 Å². The molecule has 0 aromatic rings. The normalized spacial score (nSPS) is 19.2. The lowest BCUT2D eigenvalue weighted by atomic mass is 9.86. The Balaban J connectivity index is 1.86. The lowest BCUT2D eigenvalue weighted by molar-refractivity contribution is 0.0623. The van der Waals surface area contributed by atoms with Gasteiger partial charge in [0, 0.05) is 18.6 Å². The molecule has 0 aromatic carbocycles. The van der Waals surface area contributed by atoms with Gasteiger partial charge in [-0.3, -0.25) is 4.90 Å². The molecule has 102 valence electrons. The van der Waals surface area contributed by atoms with Crippen molar-refractivity contribution < 1.29 is 0 Å². The van der Waals surface area contributed by atoms with Crippen molar-refractivity contribution in [3.63, 3.8) is 0 Å². The minimum absolute atomic E-state index is 0.163. The third kappa shape index (κ3) is 5.87. The molecule has 0 aromatic heterocycles. The van der Waals surface area contributed by atoms with E-state index in [1.54, 1.807) is 0 Å². The van der Waals surface area contributed by atoms with Crippen LogP contribution in [0.1, 0.15) is 71.6 Å². The fourth-order valence-electron chi connectivity index (χ4n) is 2.95. The number of likely N-dealkylation sites (tertiary alicyclic amines) is 1. The summed E-state index contributed by atoms with van der Waals surface area (Å²) in [7, 11) is 0. The molecule has 17 heavy (non-hydrogen) atoms. The molecule has 0 radical (unpaired) electrons. The highest BCUT2D eigenvalue weighted by Gasteiger charge is 2.37. The molecule has 0 atom stereocenters. The van der Waals surface area contributed by atoms with E-state index in [4.69, 9.17) is 5.73 Å². The molecule has 1 saturated heterocycles. The van der Waals surface area contributed by atoms with E-state index in [0.717, 1.165) is 13.1 Å². The maximum Gasteiger partial charge on any atom is 0.0412 e. The number of nitrogens with zero attached hydrogens (tertiary/aromatic N) is 1. The standard InChI is InChI=1S/C15H32N2/c1-3-5-6-7-8-9-10-12-17-13-15(16,14-17)11-4-2/h3-14,16H2,1-2H3. The van der Waals surface area contributed by atoms with Crippen molar-refractivity contribution in [3.05, 3.63) is 0 Å². The maximum atomic E-state index is 6.25. The Labute approximate surface area is 108 Å². The van der Waals surface area contributed by atoms with E-state index in [1.165, 1.54) is 64.3 Å². The second kappa shape index (κ2) is 8.10. The van der Waals surface area contributed by atoms with Gasteiger partial charge in [0.05, 0.1) is 0 Å². The zero-order valence-electron chi connectivity index (χ0n) is 12.0. The van der Waals surface area contributed by atoms with Crippen molar-refractivity contribution in [2.45, 2.75) is 77.2 Å². The third-order valence-electron chi connectivity index (χ3n) is 3.90. The molecule has 0 unspecified atom stereocenters. The van der Waals surface area contributed by atoms with E-state index in [9.17, 15) is 0 Å². The van der Waals surface area contributed by atoms with Crippen molar-refractivity contribution in [2.75, 3.05) is 19.6 Å². The molecular weight excluding hydrogens is 208 g/mol. The van der Waals surface area contributed by atoms with Gasteiger partial charge < -0.3 is 5.73 Å². The van der Waals surface area contributed by atoms with Gasteiger partial charge in [0.1, 0.15) is 0 Å². The van der Waals surface area contributed by atoms with E-state index in [-0.39, 0.29) is 5.54 Å². The molecule has 2 heteroatoms. The smallest absolute Gasteiger partial charge is 0.0412 e. The summed E-state index contributed by atoms with van der Waals surface area (Å²) in [5.41, 5.74) is 6.41. The number of hydrogen-bond acceptors (Lipinski definition) is 2. The fraction of sp³-hybridized carbons (Fsp3) is 1.00. The van der Waals surface area contributed by atoms with Crippen LogP contribution in [0.5, 0.6) is 0 Å². The average Bonchev–Trinajstić information content (AvgIpc) is 2.26.